The van der Waals surface area contributed by atoms with Crippen LogP contribution in [0.5, 0.6) is 0 Å². The standard InChI is InChI=1S/C11H15N3O3/c1-2-17-9-5-8(6-9)13-10-3-4-12-7-11(10)14(15)16/h3-4,7-9H,2,5-6H2,1H3,(H,12,13). The van der Waals surface area contributed by atoms with Crippen molar-refractivity contribution in [2.75, 3.05) is 11.9 Å². The van der Waals surface area contributed by atoms with Crippen LogP contribution in [0, 0.1) is 10.1 Å². The second-order valence-electron chi connectivity index (χ2n) is 4.04. The molecule has 0 aromatic carbocycles. The van der Waals surface area contributed by atoms with Gasteiger partial charge in [0.05, 0.1) is 11.0 Å². The van der Waals surface area contributed by atoms with Crippen molar-refractivity contribution < 1.29 is 9.66 Å². The Morgan fingerprint density at radius 1 is 1.65 bits per heavy atom. The van der Waals surface area contributed by atoms with Crippen LogP contribution in [-0.2, 0) is 4.74 Å². The van der Waals surface area contributed by atoms with Crippen molar-refractivity contribution in [3.05, 3.63) is 28.6 Å². The lowest BCUT2D eigenvalue weighted by atomic mass is 9.89. The van der Waals surface area contributed by atoms with Gasteiger partial charge in [0.1, 0.15) is 11.9 Å². The van der Waals surface area contributed by atoms with Crippen LogP contribution in [0.15, 0.2) is 18.5 Å². The molecule has 1 N–H and O–H groups in total. The van der Waals surface area contributed by atoms with E-state index in [2.05, 4.69) is 10.3 Å². The summed E-state index contributed by atoms with van der Waals surface area (Å²) in [6.45, 7) is 2.68. The van der Waals surface area contributed by atoms with E-state index in [0.717, 1.165) is 12.8 Å². The highest BCUT2D eigenvalue weighted by atomic mass is 16.6. The smallest absolute Gasteiger partial charge is 0.310 e. The van der Waals surface area contributed by atoms with Crippen molar-refractivity contribution in [1.82, 2.24) is 4.98 Å². The van der Waals surface area contributed by atoms with Gasteiger partial charge in [0.2, 0.25) is 0 Å². The molecule has 0 radical (unpaired) electrons. The molecule has 1 aromatic rings. The number of hydrogen-bond acceptors (Lipinski definition) is 5. The fourth-order valence-corrected chi connectivity index (χ4v) is 1.93. The molecule has 1 aromatic heterocycles. The van der Waals surface area contributed by atoms with E-state index in [4.69, 9.17) is 4.74 Å². The minimum absolute atomic E-state index is 0.0207. The number of nitro groups is 1. The largest absolute Gasteiger partial charge is 0.378 e. The molecule has 1 saturated carbocycles. The maximum absolute atomic E-state index is 10.8. The van der Waals surface area contributed by atoms with Gasteiger partial charge in [-0.05, 0) is 25.8 Å². The highest BCUT2D eigenvalue weighted by molar-refractivity contribution is 5.60. The predicted molar refractivity (Wildman–Crippen MR) is 63.0 cm³/mol. The van der Waals surface area contributed by atoms with Gasteiger partial charge in [-0.2, -0.15) is 0 Å². The number of pyridine rings is 1. The molecule has 0 bridgehead atoms. The number of nitrogens with one attached hydrogen (secondary N) is 1. The SMILES string of the molecule is CCOC1CC(Nc2ccncc2[N+](=O)[O-])C1. The molecule has 6 heteroatoms. The molecule has 17 heavy (non-hydrogen) atoms. The summed E-state index contributed by atoms with van der Waals surface area (Å²) in [5, 5.41) is 13.9. The van der Waals surface area contributed by atoms with Crippen LogP contribution < -0.4 is 5.32 Å². The van der Waals surface area contributed by atoms with E-state index in [-0.39, 0.29) is 11.7 Å². The molecule has 0 saturated heterocycles. The summed E-state index contributed by atoms with van der Waals surface area (Å²) in [7, 11) is 0. The first-order valence-electron chi connectivity index (χ1n) is 5.67. The molecule has 0 aliphatic heterocycles. The van der Waals surface area contributed by atoms with Crippen molar-refractivity contribution >= 4 is 11.4 Å². The normalized spacial score (nSPS) is 22.9. The number of anilines is 1. The average molecular weight is 237 g/mol. The Morgan fingerprint density at radius 2 is 2.41 bits per heavy atom. The molecule has 2 rings (SSSR count). The zero-order valence-corrected chi connectivity index (χ0v) is 9.63. The van der Waals surface area contributed by atoms with Gasteiger partial charge in [0.15, 0.2) is 0 Å². The van der Waals surface area contributed by atoms with Gasteiger partial charge in [0, 0.05) is 18.8 Å². The third-order valence-corrected chi connectivity index (χ3v) is 2.85. The lowest BCUT2D eigenvalue weighted by Gasteiger charge is -2.35. The Labute approximate surface area is 99.2 Å². The van der Waals surface area contributed by atoms with Gasteiger partial charge < -0.3 is 10.1 Å². The van der Waals surface area contributed by atoms with E-state index in [9.17, 15) is 10.1 Å². The van der Waals surface area contributed by atoms with Gasteiger partial charge in [-0.1, -0.05) is 0 Å². The van der Waals surface area contributed by atoms with Crippen LogP contribution in [-0.4, -0.2) is 28.7 Å². The van der Waals surface area contributed by atoms with Crippen molar-refractivity contribution in [3.8, 4) is 0 Å². The second-order valence-corrected chi connectivity index (χ2v) is 4.04. The van der Waals surface area contributed by atoms with Crippen LogP contribution >= 0.6 is 0 Å². The summed E-state index contributed by atoms with van der Waals surface area (Å²) in [5.41, 5.74) is 0.553. The molecule has 1 aliphatic rings. The van der Waals surface area contributed by atoms with Crippen molar-refractivity contribution in [3.63, 3.8) is 0 Å². The number of hydrogen-bond donors (Lipinski definition) is 1. The Balaban J connectivity index is 1.94. The van der Waals surface area contributed by atoms with E-state index < -0.39 is 4.92 Å². The quantitative estimate of drug-likeness (QED) is 0.625. The number of nitrogens with zero attached hydrogens (tertiary/aromatic N) is 2. The van der Waals surface area contributed by atoms with E-state index >= 15 is 0 Å². The third-order valence-electron chi connectivity index (χ3n) is 2.85. The first-order valence-corrected chi connectivity index (χ1v) is 5.67. The minimum atomic E-state index is -0.423. The van der Waals surface area contributed by atoms with Crippen molar-refractivity contribution in [2.45, 2.75) is 31.9 Å². The van der Waals surface area contributed by atoms with Crippen LogP contribution in [0.25, 0.3) is 0 Å². The highest BCUT2D eigenvalue weighted by Crippen LogP contribution is 2.30. The van der Waals surface area contributed by atoms with E-state index in [1.165, 1.54) is 6.20 Å². The van der Waals surface area contributed by atoms with Crippen molar-refractivity contribution in [1.29, 1.82) is 0 Å². The fraction of sp³-hybridized carbons (Fsp3) is 0.545. The lowest BCUT2D eigenvalue weighted by molar-refractivity contribution is -0.384. The fourth-order valence-electron chi connectivity index (χ4n) is 1.93. The Hall–Kier alpha value is -1.69. The van der Waals surface area contributed by atoms with Gasteiger partial charge in [0.25, 0.3) is 0 Å². The third kappa shape index (κ3) is 2.71. The summed E-state index contributed by atoms with van der Waals surface area (Å²) in [6.07, 6.45) is 4.90. The highest BCUT2D eigenvalue weighted by Gasteiger charge is 2.30. The van der Waals surface area contributed by atoms with Gasteiger partial charge in [-0.3, -0.25) is 15.1 Å². The maximum atomic E-state index is 10.8. The number of rotatable bonds is 5. The van der Waals surface area contributed by atoms with Crippen LogP contribution in [0.1, 0.15) is 19.8 Å². The molecule has 0 atom stereocenters. The Kier molecular flexibility index (Phi) is 3.53. The summed E-state index contributed by atoms with van der Waals surface area (Å²) < 4.78 is 5.44. The summed E-state index contributed by atoms with van der Waals surface area (Å²) in [4.78, 5) is 14.1. The van der Waals surface area contributed by atoms with Gasteiger partial charge in [-0.25, -0.2) is 0 Å². The van der Waals surface area contributed by atoms with E-state index in [0.29, 0.717) is 18.4 Å². The van der Waals surface area contributed by atoms with Crippen molar-refractivity contribution in [2.24, 2.45) is 0 Å². The predicted octanol–water partition coefficient (Wildman–Crippen LogP) is 1.97. The summed E-state index contributed by atoms with van der Waals surface area (Å²) in [6, 6.07) is 1.89. The van der Waals surface area contributed by atoms with E-state index in [1.54, 1.807) is 12.3 Å². The molecule has 0 amide bonds. The van der Waals surface area contributed by atoms with Crippen LogP contribution in [0.4, 0.5) is 11.4 Å². The molecule has 1 aliphatic carbocycles. The summed E-state index contributed by atoms with van der Waals surface area (Å²) >= 11 is 0. The average Bonchev–Trinajstić information content (AvgIpc) is 2.26. The zero-order valence-electron chi connectivity index (χ0n) is 9.63. The number of aromatic nitrogens is 1. The molecule has 1 fully saturated rings. The van der Waals surface area contributed by atoms with Crippen LogP contribution in [0.3, 0.4) is 0 Å². The van der Waals surface area contributed by atoms with Gasteiger partial charge >= 0.3 is 5.69 Å². The molecule has 92 valence electrons. The maximum Gasteiger partial charge on any atom is 0.310 e. The summed E-state index contributed by atoms with van der Waals surface area (Å²) in [5.74, 6) is 0. The molecule has 0 spiro atoms. The first-order chi connectivity index (χ1) is 8.20. The van der Waals surface area contributed by atoms with E-state index in [1.807, 2.05) is 6.92 Å². The number of ether oxygens (including phenoxy) is 1. The minimum Gasteiger partial charge on any atom is -0.378 e. The second kappa shape index (κ2) is 5.09. The zero-order chi connectivity index (χ0) is 12.3. The molecule has 0 unspecified atom stereocenters. The molecule has 1 heterocycles. The topological polar surface area (TPSA) is 77.3 Å². The first kappa shape index (κ1) is 11.8. The molecule has 6 nitrogen and oxygen atoms in total. The lowest BCUT2D eigenvalue weighted by Crippen LogP contribution is -2.40. The molecular weight excluding hydrogens is 222 g/mol. The molecular formula is C11H15N3O3. The Bertz CT molecular complexity index is 405. The Morgan fingerprint density at radius 3 is 3.06 bits per heavy atom. The van der Waals surface area contributed by atoms with Gasteiger partial charge in [-0.15, -0.1) is 0 Å². The van der Waals surface area contributed by atoms with Crippen LogP contribution in [0.2, 0.25) is 0 Å². The monoisotopic (exact) mass is 237 g/mol.